The Balaban J connectivity index is 3.36. The zero-order chi connectivity index (χ0) is 9.35. The molecule has 1 N–H and O–H groups in total. The van der Waals surface area contributed by atoms with Gasteiger partial charge >= 0.3 is 0 Å². The van der Waals surface area contributed by atoms with E-state index in [0.717, 1.165) is 11.1 Å². The highest BCUT2D eigenvalue weighted by Crippen LogP contribution is 2.21. The van der Waals surface area contributed by atoms with Crippen LogP contribution in [0.5, 0.6) is 0 Å². The lowest BCUT2D eigenvalue weighted by atomic mass is 9.86. The summed E-state index contributed by atoms with van der Waals surface area (Å²) in [7, 11) is 0. The predicted octanol–water partition coefficient (Wildman–Crippen LogP) is 1.38. The van der Waals surface area contributed by atoms with Crippen LogP contribution in [-0.2, 0) is 5.41 Å². The van der Waals surface area contributed by atoms with Crippen molar-refractivity contribution in [3.05, 3.63) is 27.7 Å². The number of hydrogen-bond acceptors (Lipinski definition) is 2. The molecular formula is C9H14N2O. The SMILES string of the molecule is Cc1c(C(C)(C)C)cn[nH]c1=O. The Morgan fingerprint density at radius 2 is 2.00 bits per heavy atom. The smallest absolute Gasteiger partial charge is 0.267 e. The highest BCUT2D eigenvalue weighted by Gasteiger charge is 2.17. The Bertz CT molecular complexity index is 333. The average molecular weight is 166 g/mol. The van der Waals surface area contributed by atoms with Crippen molar-refractivity contribution in [1.82, 2.24) is 10.2 Å². The second kappa shape index (κ2) is 2.73. The standard InChI is InChI=1S/C9H14N2O/c1-6-7(9(2,3)4)5-10-11-8(6)12/h5H,1-4H3,(H,11,12). The molecule has 0 spiro atoms. The van der Waals surface area contributed by atoms with E-state index in [-0.39, 0.29) is 11.0 Å². The average Bonchev–Trinajstić information content (AvgIpc) is 1.92. The molecule has 1 aromatic heterocycles. The molecule has 3 heteroatoms. The summed E-state index contributed by atoms with van der Waals surface area (Å²) in [6.45, 7) is 8.02. The van der Waals surface area contributed by atoms with Gasteiger partial charge in [0.15, 0.2) is 0 Å². The predicted molar refractivity (Wildman–Crippen MR) is 48.3 cm³/mol. The number of rotatable bonds is 0. The van der Waals surface area contributed by atoms with Gasteiger partial charge in [-0.3, -0.25) is 4.79 Å². The van der Waals surface area contributed by atoms with Gasteiger partial charge in [-0.2, -0.15) is 5.10 Å². The van der Waals surface area contributed by atoms with E-state index in [1.807, 2.05) is 6.92 Å². The third kappa shape index (κ3) is 1.55. The Morgan fingerprint density at radius 1 is 1.42 bits per heavy atom. The molecule has 3 nitrogen and oxygen atoms in total. The van der Waals surface area contributed by atoms with Crippen molar-refractivity contribution in [2.45, 2.75) is 33.1 Å². The largest absolute Gasteiger partial charge is 0.268 e. The van der Waals surface area contributed by atoms with Gasteiger partial charge in [-0.15, -0.1) is 0 Å². The maximum atomic E-state index is 11.2. The Hall–Kier alpha value is -1.12. The van der Waals surface area contributed by atoms with Gasteiger partial charge in [0.2, 0.25) is 0 Å². The molecule has 1 rings (SSSR count). The summed E-state index contributed by atoms with van der Waals surface area (Å²) in [5, 5.41) is 6.18. The molecule has 0 fully saturated rings. The fourth-order valence-corrected chi connectivity index (χ4v) is 1.21. The molecule has 0 aromatic carbocycles. The van der Waals surface area contributed by atoms with Gasteiger partial charge in [-0.25, -0.2) is 5.10 Å². The lowest BCUT2D eigenvalue weighted by Crippen LogP contribution is -2.21. The highest BCUT2D eigenvalue weighted by atomic mass is 16.1. The number of H-pyrrole nitrogens is 1. The summed E-state index contributed by atoms with van der Waals surface area (Å²) < 4.78 is 0. The van der Waals surface area contributed by atoms with Crippen molar-refractivity contribution in [1.29, 1.82) is 0 Å². The van der Waals surface area contributed by atoms with E-state index >= 15 is 0 Å². The van der Waals surface area contributed by atoms with Crippen LogP contribution in [0.25, 0.3) is 0 Å². The van der Waals surface area contributed by atoms with Gasteiger partial charge < -0.3 is 0 Å². The van der Waals surface area contributed by atoms with Crippen molar-refractivity contribution >= 4 is 0 Å². The second-order valence-electron chi connectivity index (χ2n) is 3.99. The zero-order valence-electron chi connectivity index (χ0n) is 7.93. The summed E-state index contributed by atoms with van der Waals surface area (Å²) in [6.07, 6.45) is 1.72. The normalized spacial score (nSPS) is 11.7. The maximum absolute atomic E-state index is 11.2. The van der Waals surface area contributed by atoms with E-state index in [0.29, 0.717) is 0 Å². The second-order valence-corrected chi connectivity index (χ2v) is 3.99. The Kier molecular flexibility index (Phi) is 2.04. The van der Waals surface area contributed by atoms with E-state index in [9.17, 15) is 4.79 Å². The number of aromatic nitrogens is 2. The van der Waals surface area contributed by atoms with Crippen LogP contribution in [0.3, 0.4) is 0 Å². The lowest BCUT2D eigenvalue weighted by molar-refractivity contribution is 0.578. The molecule has 0 unspecified atom stereocenters. The quantitative estimate of drug-likeness (QED) is 0.632. The highest BCUT2D eigenvalue weighted by molar-refractivity contribution is 5.26. The van der Waals surface area contributed by atoms with Gasteiger partial charge in [-0.05, 0) is 17.9 Å². The minimum absolute atomic E-state index is 0.00859. The fraction of sp³-hybridized carbons (Fsp3) is 0.556. The minimum atomic E-state index is -0.0950. The molecule has 66 valence electrons. The Labute approximate surface area is 71.8 Å². The van der Waals surface area contributed by atoms with E-state index in [1.54, 1.807) is 6.20 Å². The summed E-state index contributed by atoms with van der Waals surface area (Å²) in [6, 6.07) is 0. The molecule has 0 radical (unpaired) electrons. The number of aromatic amines is 1. The molecule has 12 heavy (non-hydrogen) atoms. The van der Waals surface area contributed by atoms with Crippen LogP contribution < -0.4 is 5.56 Å². The third-order valence-corrected chi connectivity index (χ3v) is 1.91. The third-order valence-electron chi connectivity index (χ3n) is 1.91. The van der Waals surface area contributed by atoms with Crippen LogP contribution in [0.4, 0.5) is 0 Å². The summed E-state index contributed by atoms with van der Waals surface area (Å²) in [5.74, 6) is 0. The molecule has 0 atom stereocenters. The van der Waals surface area contributed by atoms with Crippen molar-refractivity contribution in [2.75, 3.05) is 0 Å². The van der Waals surface area contributed by atoms with Gasteiger partial charge in [-0.1, -0.05) is 20.8 Å². The number of nitrogens with one attached hydrogen (secondary N) is 1. The molecule has 0 saturated heterocycles. The van der Waals surface area contributed by atoms with Crippen molar-refractivity contribution in [3.63, 3.8) is 0 Å². The maximum Gasteiger partial charge on any atom is 0.267 e. The molecule has 0 aliphatic rings. The topological polar surface area (TPSA) is 45.8 Å². The number of hydrogen-bond donors (Lipinski definition) is 1. The minimum Gasteiger partial charge on any atom is -0.268 e. The summed E-state index contributed by atoms with van der Waals surface area (Å²) in [5.41, 5.74) is 1.66. The lowest BCUT2D eigenvalue weighted by Gasteiger charge is -2.19. The monoisotopic (exact) mass is 166 g/mol. The molecule has 0 saturated carbocycles. The van der Waals surface area contributed by atoms with E-state index in [4.69, 9.17) is 0 Å². The molecule has 0 aliphatic carbocycles. The molecule has 1 heterocycles. The van der Waals surface area contributed by atoms with Crippen LogP contribution in [0.2, 0.25) is 0 Å². The first-order valence-corrected chi connectivity index (χ1v) is 3.97. The van der Waals surface area contributed by atoms with Gasteiger partial charge in [0.25, 0.3) is 5.56 Å². The van der Waals surface area contributed by atoms with Crippen LogP contribution in [0, 0.1) is 6.92 Å². The first-order chi connectivity index (χ1) is 5.43. The van der Waals surface area contributed by atoms with Gasteiger partial charge in [0, 0.05) is 5.56 Å². The van der Waals surface area contributed by atoms with E-state index in [2.05, 4.69) is 31.0 Å². The molecule has 0 aliphatic heterocycles. The fourth-order valence-electron chi connectivity index (χ4n) is 1.21. The molecular weight excluding hydrogens is 152 g/mol. The van der Waals surface area contributed by atoms with Crippen molar-refractivity contribution < 1.29 is 0 Å². The molecule has 1 aromatic rings. The van der Waals surface area contributed by atoms with Crippen LogP contribution in [0.1, 0.15) is 31.9 Å². The molecule has 0 amide bonds. The van der Waals surface area contributed by atoms with Gasteiger partial charge in [0.05, 0.1) is 6.20 Å². The first-order valence-electron chi connectivity index (χ1n) is 3.97. The summed E-state index contributed by atoms with van der Waals surface area (Å²) in [4.78, 5) is 11.2. The van der Waals surface area contributed by atoms with Crippen molar-refractivity contribution in [3.8, 4) is 0 Å². The van der Waals surface area contributed by atoms with E-state index < -0.39 is 0 Å². The van der Waals surface area contributed by atoms with Crippen molar-refractivity contribution in [2.24, 2.45) is 0 Å². The first kappa shape index (κ1) is 8.97. The molecule has 0 bridgehead atoms. The number of nitrogens with zero attached hydrogens (tertiary/aromatic N) is 1. The van der Waals surface area contributed by atoms with Gasteiger partial charge in [0.1, 0.15) is 0 Å². The summed E-state index contributed by atoms with van der Waals surface area (Å²) >= 11 is 0. The van der Waals surface area contributed by atoms with E-state index in [1.165, 1.54) is 0 Å². The van der Waals surface area contributed by atoms with Crippen LogP contribution in [-0.4, -0.2) is 10.2 Å². The zero-order valence-corrected chi connectivity index (χ0v) is 7.93. The van der Waals surface area contributed by atoms with Crippen LogP contribution >= 0.6 is 0 Å². The van der Waals surface area contributed by atoms with Crippen LogP contribution in [0.15, 0.2) is 11.0 Å². The Morgan fingerprint density at radius 3 is 2.42 bits per heavy atom.